The average Bonchev–Trinajstić information content (AvgIpc) is 2.97. The first-order chi connectivity index (χ1) is 10.7. The van der Waals surface area contributed by atoms with Crippen molar-refractivity contribution in [1.29, 1.82) is 0 Å². The number of alkyl halides is 1. The van der Waals surface area contributed by atoms with Gasteiger partial charge in [0.2, 0.25) is 0 Å². The van der Waals surface area contributed by atoms with E-state index in [1.807, 2.05) is 24.3 Å². The van der Waals surface area contributed by atoms with Gasteiger partial charge in [-0.3, -0.25) is 0 Å². The Morgan fingerprint density at radius 2 is 1.36 bits per heavy atom. The quantitative estimate of drug-likeness (QED) is 0.560. The van der Waals surface area contributed by atoms with Crippen molar-refractivity contribution in [1.82, 2.24) is 0 Å². The lowest BCUT2D eigenvalue weighted by Gasteiger charge is -2.33. The van der Waals surface area contributed by atoms with E-state index >= 15 is 0 Å². The van der Waals surface area contributed by atoms with E-state index in [2.05, 4.69) is 46.9 Å². The molecular formula is C18H19IO3. The molecule has 0 N–H and O–H groups in total. The number of benzene rings is 2. The Labute approximate surface area is 144 Å². The highest BCUT2D eigenvalue weighted by Crippen LogP contribution is 2.46. The van der Waals surface area contributed by atoms with Gasteiger partial charge in [-0.15, -0.1) is 0 Å². The number of hydrogen-bond donors (Lipinski definition) is 0. The smallest absolute Gasteiger partial charge is 0.130 e. The van der Waals surface area contributed by atoms with Crippen molar-refractivity contribution in [3.63, 3.8) is 0 Å². The third kappa shape index (κ3) is 2.58. The molecule has 0 saturated carbocycles. The van der Waals surface area contributed by atoms with Gasteiger partial charge in [-0.2, -0.15) is 0 Å². The first kappa shape index (κ1) is 15.6. The van der Waals surface area contributed by atoms with E-state index in [1.165, 1.54) is 0 Å². The minimum atomic E-state index is -0.404. The lowest BCUT2D eigenvalue weighted by molar-refractivity contribution is 0.0407. The van der Waals surface area contributed by atoms with Crippen LogP contribution in [0.3, 0.4) is 0 Å². The molecule has 0 aliphatic carbocycles. The number of halogens is 1. The zero-order valence-corrected chi connectivity index (χ0v) is 14.9. The molecule has 1 atom stereocenters. The van der Waals surface area contributed by atoms with E-state index in [9.17, 15) is 0 Å². The fourth-order valence-electron chi connectivity index (χ4n) is 2.99. The first-order valence-electron chi connectivity index (χ1n) is 7.28. The molecule has 3 nitrogen and oxygen atoms in total. The lowest BCUT2D eigenvalue weighted by Crippen LogP contribution is -2.34. The third-order valence-electron chi connectivity index (χ3n) is 4.18. The fourth-order valence-corrected chi connectivity index (χ4v) is 4.14. The number of hydrogen-bond acceptors (Lipinski definition) is 3. The average molecular weight is 410 g/mol. The van der Waals surface area contributed by atoms with Crippen LogP contribution in [0.2, 0.25) is 0 Å². The summed E-state index contributed by atoms with van der Waals surface area (Å²) in [6.07, 6.45) is 1.04. The van der Waals surface area contributed by atoms with Gasteiger partial charge in [0.05, 0.1) is 18.1 Å². The number of ether oxygens (including phenoxy) is 3. The summed E-state index contributed by atoms with van der Waals surface area (Å²) in [6.45, 7) is 0.770. The number of rotatable bonds is 4. The molecule has 3 rings (SSSR count). The highest BCUT2D eigenvalue weighted by atomic mass is 127. The maximum atomic E-state index is 6.28. The van der Waals surface area contributed by atoms with Crippen molar-refractivity contribution in [3.05, 3.63) is 59.7 Å². The normalized spacial score (nSPS) is 19.9. The van der Waals surface area contributed by atoms with Crippen LogP contribution in [0.15, 0.2) is 48.5 Å². The molecule has 0 bridgehead atoms. The Morgan fingerprint density at radius 3 is 1.68 bits per heavy atom. The predicted molar refractivity (Wildman–Crippen MR) is 95.1 cm³/mol. The van der Waals surface area contributed by atoms with Gasteiger partial charge in [-0.1, -0.05) is 46.9 Å². The SMILES string of the molecule is COc1ccc(C2(c3ccc(OC)cc3)OCCC2I)cc1. The molecule has 2 aromatic carbocycles. The fraction of sp³-hybridized carbons (Fsp3) is 0.333. The Hall–Kier alpha value is -1.27. The van der Waals surface area contributed by atoms with Gasteiger partial charge in [0, 0.05) is 6.61 Å². The van der Waals surface area contributed by atoms with Gasteiger partial charge in [-0.25, -0.2) is 0 Å². The first-order valence-corrected chi connectivity index (χ1v) is 8.52. The van der Waals surface area contributed by atoms with Crippen molar-refractivity contribution in [2.75, 3.05) is 20.8 Å². The van der Waals surface area contributed by atoms with Crippen molar-refractivity contribution in [2.24, 2.45) is 0 Å². The summed E-state index contributed by atoms with van der Waals surface area (Å²) in [6, 6.07) is 16.4. The molecule has 1 aliphatic rings. The molecule has 116 valence electrons. The largest absolute Gasteiger partial charge is 0.497 e. The molecule has 2 aromatic rings. The molecule has 1 unspecified atom stereocenters. The summed E-state index contributed by atoms with van der Waals surface area (Å²) in [5, 5.41) is 0. The van der Waals surface area contributed by atoms with Crippen LogP contribution in [0.5, 0.6) is 11.5 Å². The Morgan fingerprint density at radius 1 is 0.909 bits per heavy atom. The van der Waals surface area contributed by atoms with Crippen molar-refractivity contribution in [3.8, 4) is 11.5 Å². The van der Waals surface area contributed by atoms with Gasteiger partial charge in [0.25, 0.3) is 0 Å². The zero-order chi connectivity index (χ0) is 15.6. The van der Waals surface area contributed by atoms with Gasteiger partial charge in [0.1, 0.15) is 17.1 Å². The Kier molecular flexibility index (Phi) is 4.59. The highest BCUT2D eigenvalue weighted by molar-refractivity contribution is 14.1. The molecule has 4 heteroatoms. The summed E-state index contributed by atoms with van der Waals surface area (Å²) in [5.74, 6) is 1.72. The van der Waals surface area contributed by atoms with E-state index in [1.54, 1.807) is 14.2 Å². The van der Waals surface area contributed by atoms with E-state index < -0.39 is 5.60 Å². The Bertz CT molecular complexity index is 574. The molecule has 0 amide bonds. The van der Waals surface area contributed by atoms with Gasteiger partial charge < -0.3 is 14.2 Å². The van der Waals surface area contributed by atoms with Gasteiger partial charge in [0.15, 0.2) is 0 Å². The second-order valence-corrected chi connectivity index (χ2v) is 6.80. The summed E-state index contributed by atoms with van der Waals surface area (Å²) < 4.78 is 17.2. The molecule has 1 fully saturated rings. The van der Waals surface area contributed by atoms with E-state index in [0.29, 0.717) is 3.92 Å². The van der Waals surface area contributed by atoms with Gasteiger partial charge in [-0.05, 0) is 41.8 Å². The molecule has 0 spiro atoms. The maximum absolute atomic E-state index is 6.28. The topological polar surface area (TPSA) is 27.7 Å². The van der Waals surface area contributed by atoms with Crippen LogP contribution in [0.25, 0.3) is 0 Å². The summed E-state index contributed by atoms with van der Waals surface area (Å²) in [4.78, 5) is 0. The monoisotopic (exact) mass is 410 g/mol. The van der Waals surface area contributed by atoms with Gasteiger partial charge >= 0.3 is 0 Å². The van der Waals surface area contributed by atoms with Crippen molar-refractivity contribution >= 4 is 22.6 Å². The van der Waals surface area contributed by atoms with E-state index in [-0.39, 0.29) is 0 Å². The molecule has 1 heterocycles. The van der Waals surface area contributed by atoms with Crippen molar-refractivity contribution < 1.29 is 14.2 Å². The molecular weight excluding hydrogens is 391 g/mol. The minimum absolute atomic E-state index is 0.381. The van der Waals surface area contributed by atoms with Crippen LogP contribution in [-0.2, 0) is 10.3 Å². The van der Waals surface area contributed by atoms with Crippen LogP contribution >= 0.6 is 22.6 Å². The number of methoxy groups -OCH3 is 2. The standard InChI is InChI=1S/C18H19IO3/c1-20-15-7-3-13(4-8-15)18(17(19)11-12-22-18)14-5-9-16(21-2)10-6-14/h3-10,17H,11-12H2,1-2H3. The zero-order valence-electron chi connectivity index (χ0n) is 12.7. The molecule has 1 saturated heterocycles. The Balaban J connectivity index is 2.07. The predicted octanol–water partition coefficient (Wildman–Crippen LogP) is 4.17. The van der Waals surface area contributed by atoms with Crippen LogP contribution < -0.4 is 9.47 Å². The maximum Gasteiger partial charge on any atom is 0.130 e. The second-order valence-electron chi connectivity index (χ2n) is 5.30. The summed E-state index contributed by atoms with van der Waals surface area (Å²) in [5.41, 5.74) is 1.92. The highest BCUT2D eigenvalue weighted by Gasteiger charge is 2.46. The second kappa shape index (κ2) is 6.46. The minimum Gasteiger partial charge on any atom is -0.497 e. The third-order valence-corrected chi connectivity index (χ3v) is 5.68. The molecule has 1 aliphatic heterocycles. The molecule has 0 radical (unpaired) electrons. The lowest BCUT2D eigenvalue weighted by atomic mass is 9.84. The van der Waals surface area contributed by atoms with Crippen molar-refractivity contribution in [2.45, 2.75) is 15.9 Å². The van der Waals surface area contributed by atoms with Crippen LogP contribution in [0, 0.1) is 0 Å². The molecule has 22 heavy (non-hydrogen) atoms. The van der Waals surface area contributed by atoms with Crippen LogP contribution in [0.1, 0.15) is 17.5 Å². The summed E-state index contributed by atoms with van der Waals surface area (Å²) >= 11 is 2.50. The van der Waals surface area contributed by atoms with Crippen LogP contribution in [-0.4, -0.2) is 24.8 Å². The van der Waals surface area contributed by atoms with Crippen LogP contribution in [0.4, 0.5) is 0 Å². The summed E-state index contributed by atoms with van der Waals surface area (Å²) in [7, 11) is 3.36. The molecule has 0 aromatic heterocycles. The van der Waals surface area contributed by atoms with E-state index in [0.717, 1.165) is 35.7 Å². The van der Waals surface area contributed by atoms with E-state index in [4.69, 9.17) is 14.2 Å².